The first-order valence-electron chi connectivity index (χ1n) is 11.2. The average molecular weight is 567 g/mol. The van der Waals surface area contributed by atoms with Gasteiger partial charge in [0.2, 0.25) is 5.28 Å². The van der Waals surface area contributed by atoms with Crippen molar-refractivity contribution < 1.29 is 41.8 Å². The molecule has 17 heteroatoms. The first-order valence-corrected chi connectivity index (χ1v) is 13.1. The Morgan fingerprint density at radius 3 is 2.70 bits per heavy atom. The lowest BCUT2D eigenvalue weighted by Crippen LogP contribution is -2.38. The van der Waals surface area contributed by atoms with Gasteiger partial charge in [-0.25, -0.2) is 23.8 Å². The third-order valence-corrected chi connectivity index (χ3v) is 7.10. The van der Waals surface area contributed by atoms with Crippen molar-refractivity contribution in [1.82, 2.24) is 24.6 Å². The lowest BCUT2D eigenvalue weighted by Gasteiger charge is -2.25. The van der Waals surface area contributed by atoms with Crippen LogP contribution in [0.4, 0.5) is 10.2 Å². The molecular weight excluding hydrogens is 538 g/mol. The lowest BCUT2D eigenvalue weighted by molar-refractivity contribution is -0.143. The molecule has 0 saturated carbocycles. The van der Waals surface area contributed by atoms with E-state index in [0.29, 0.717) is 0 Å². The SMILES string of the molecule is COC(=O)COP(=O)(NC(CC(C)C)C(=O)OC)OCC1CC(F)C(n2cnc3c(N)nc(Cl)nc32)O1. The molecule has 2 aromatic rings. The molecule has 3 N–H and O–H groups in total. The molecule has 206 valence electrons. The van der Waals surface area contributed by atoms with Crippen LogP contribution in [0.1, 0.15) is 32.9 Å². The highest BCUT2D eigenvalue weighted by molar-refractivity contribution is 7.51. The number of ether oxygens (including phenoxy) is 3. The Kier molecular flexibility index (Phi) is 9.78. The average Bonchev–Trinajstić information content (AvgIpc) is 3.43. The highest BCUT2D eigenvalue weighted by Gasteiger charge is 2.41. The number of carbonyl (C=O) groups excluding carboxylic acids is 2. The second-order valence-corrected chi connectivity index (χ2v) is 10.7. The standard InChI is InChI=1S/C20H29ClFN6O8P/c1-10(2)5-13(19(30)33-4)27-37(31,35-8-14(29)32-3)34-7-11-6-12(22)18(36-11)28-9-24-15-16(23)25-20(21)26-17(15)28/h9-13,18H,5-8H2,1-4H3,(H,27,31)(H2,23,25,26). The van der Waals surface area contributed by atoms with Gasteiger partial charge in [-0.3, -0.25) is 18.4 Å². The molecule has 5 unspecified atom stereocenters. The van der Waals surface area contributed by atoms with Crippen molar-refractivity contribution in [1.29, 1.82) is 0 Å². The van der Waals surface area contributed by atoms with E-state index in [4.69, 9.17) is 35.9 Å². The van der Waals surface area contributed by atoms with Gasteiger partial charge in [-0.2, -0.15) is 9.97 Å². The highest BCUT2D eigenvalue weighted by Crippen LogP contribution is 2.46. The largest absolute Gasteiger partial charge is 0.468 e. The zero-order valence-electron chi connectivity index (χ0n) is 20.6. The fraction of sp³-hybridized carbons (Fsp3) is 0.650. The number of nitrogens with zero attached hydrogens (tertiary/aromatic N) is 4. The van der Waals surface area contributed by atoms with Gasteiger partial charge in [0.05, 0.1) is 33.3 Å². The molecule has 3 rings (SSSR count). The summed E-state index contributed by atoms with van der Waals surface area (Å²) in [6, 6.07) is -1.06. The number of esters is 2. The fourth-order valence-electron chi connectivity index (χ4n) is 3.65. The minimum atomic E-state index is -4.30. The number of nitrogens with two attached hydrogens (primary N) is 1. The second kappa shape index (κ2) is 12.4. The molecule has 5 atom stereocenters. The van der Waals surface area contributed by atoms with Gasteiger partial charge < -0.3 is 19.9 Å². The third-order valence-electron chi connectivity index (χ3n) is 5.34. The van der Waals surface area contributed by atoms with Crippen molar-refractivity contribution in [3.05, 3.63) is 11.6 Å². The summed E-state index contributed by atoms with van der Waals surface area (Å²) in [5.41, 5.74) is 6.21. The van der Waals surface area contributed by atoms with Crippen LogP contribution in [-0.4, -0.2) is 77.2 Å². The minimum Gasteiger partial charge on any atom is -0.468 e. The molecule has 1 aliphatic rings. The Bertz CT molecular complexity index is 1170. The maximum atomic E-state index is 15.0. The van der Waals surface area contributed by atoms with Crippen molar-refractivity contribution >= 4 is 48.3 Å². The predicted molar refractivity (Wildman–Crippen MR) is 128 cm³/mol. The van der Waals surface area contributed by atoms with Crippen LogP contribution in [0.25, 0.3) is 11.2 Å². The number of anilines is 1. The predicted octanol–water partition coefficient (Wildman–Crippen LogP) is 2.18. The molecule has 0 amide bonds. The van der Waals surface area contributed by atoms with Gasteiger partial charge in [-0.1, -0.05) is 13.8 Å². The summed E-state index contributed by atoms with van der Waals surface area (Å²) in [5, 5.41) is 2.38. The molecule has 2 aromatic heterocycles. The van der Waals surface area contributed by atoms with Crippen LogP contribution in [0, 0.1) is 5.92 Å². The molecular formula is C20H29ClFN6O8P. The number of hydrogen-bond donors (Lipinski definition) is 2. The highest BCUT2D eigenvalue weighted by atomic mass is 35.5. The molecule has 1 fully saturated rings. The van der Waals surface area contributed by atoms with Crippen molar-refractivity contribution in [3.63, 3.8) is 0 Å². The maximum Gasteiger partial charge on any atom is 0.406 e. The van der Waals surface area contributed by atoms with Gasteiger partial charge in [-0.15, -0.1) is 0 Å². The van der Waals surface area contributed by atoms with E-state index in [1.54, 1.807) is 0 Å². The van der Waals surface area contributed by atoms with Crippen molar-refractivity contribution in [2.75, 3.05) is 33.2 Å². The van der Waals surface area contributed by atoms with Gasteiger partial charge in [0, 0.05) is 6.42 Å². The van der Waals surface area contributed by atoms with Crippen LogP contribution in [0.3, 0.4) is 0 Å². The smallest absolute Gasteiger partial charge is 0.406 e. The number of fused-ring (bicyclic) bond motifs is 1. The number of methoxy groups -OCH3 is 2. The number of nitrogens with one attached hydrogen (secondary N) is 1. The Morgan fingerprint density at radius 1 is 1.32 bits per heavy atom. The molecule has 0 bridgehead atoms. The zero-order chi connectivity index (χ0) is 27.3. The summed E-state index contributed by atoms with van der Waals surface area (Å²) in [4.78, 5) is 35.8. The molecule has 0 spiro atoms. The number of halogens is 2. The first kappa shape index (κ1) is 29.1. The molecule has 1 saturated heterocycles. The van der Waals surface area contributed by atoms with Gasteiger partial charge in [0.25, 0.3) is 0 Å². The normalized spacial score (nSPS) is 22.2. The van der Waals surface area contributed by atoms with Gasteiger partial charge in [-0.05, 0) is 23.9 Å². The summed E-state index contributed by atoms with van der Waals surface area (Å²) < 4.78 is 55.5. The summed E-state index contributed by atoms with van der Waals surface area (Å²) in [5.74, 6) is -1.49. The molecule has 0 radical (unpaired) electrons. The minimum absolute atomic E-state index is 0.00762. The summed E-state index contributed by atoms with van der Waals surface area (Å²) in [7, 11) is -1.99. The van der Waals surface area contributed by atoms with Crippen LogP contribution in [0.5, 0.6) is 0 Å². The molecule has 0 aliphatic carbocycles. The van der Waals surface area contributed by atoms with Crippen LogP contribution >= 0.6 is 19.3 Å². The van der Waals surface area contributed by atoms with Crippen LogP contribution in [-0.2, 0) is 37.4 Å². The molecule has 14 nitrogen and oxygen atoms in total. The summed E-state index contributed by atoms with van der Waals surface area (Å²) >= 11 is 5.88. The molecule has 1 aliphatic heterocycles. The number of aromatic nitrogens is 4. The number of alkyl halides is 1. The van der Waals surface area contributed by atoms with Crippen LogP contribution in [0.2, 0.25) is 5.28 Å². The van der Waals surface area contributed by atoms with Gasteiger partial charge >= 0.3 is 19.7 Å². The lowest BCUT2D eigenvalue weighted by atomic mass is 10.1. The first-order chi connectivity index (χ1) is 17.5. The van der Waals surface area contributed by atoms with E-state index in [2.05, 4.69) is 24.8 Å². The van der Waals surface area contributed by atoms with E-state index in [1.807, 2.05) is 13.8 Å². The second-order valence-electron chi connectivity index (χ2n) is 8.58. The number of imidazole rings is 1. The van der Waals surface area contributed by atoms with E-state index < -0.39 is 57.4 Å². The number of carbonyl (C=O) groups is 2. The van der Waals surface area contributed by atoms with Crippen molar-refractivity contribution in [2.24, 2.45) is 5.92 Å². The van der Waals surface area contributed by atoms with Gasteiger partial charge in [0.1, 0.15) is 17.7 Å². The molecule has 3 heterocycles. The quantitative estimate of drug-likeness (QED) is 0.217. The third kappa shape index (κ3) is 7.33. The van der Waals surface area contributed by atoms with E-state index in [0.717, 1.165) is 7.11 Å². The fourth-order valence-corrected chi connectivity index (χ4v) is 5.27. The molecule has 0 aromatic carbocycles. The van der Waals surface area contributed by atoms with Gasteiger partial charge in [0.15, 0.2) is 24.3 Å². The monoisotopic (exact) mass is 566 g/mol. The number of nitrogen functional groups attached to an aromatic ring is 1. The molecule has 37 heavy (non-hydrogen) atoms. The Labute approximate surface area is 216 Å². The number of hydrogen-bond acceptors (Lipinski definition) is 12. The Hall–Kier alpha value is -2.42. The van der Waals surface area contributed by atoms with E-state index >= 15 is 0 Å². The Balaban J connectivity index is 1.74. The van der Waals surface area contributed by atoms with Crippen molar-refractivity contribution in [2.45, 2.75) is 51.2 Å². The summed E-state index contributed by atoms with van der Waals surface area (Å²) in [6.07, 6.45) is -2.17. The van der Waals surface area contributed by atoms with E-state index in [-0.39, 0.29) is 41.0 Å². The van der Waals surface area contributed by atoms with Crippen LogP contribution in [0.15, 0.2) is 6.33 Å². The van der Waals surface area contributed by atoms with E-state index in [1.165, 1.54) is 18.0 Å². The Morgan fingerprint density at radius 2 is 2.05 bits per heavy atom. The number of rotatable bonds is 12. The topological polar surface area (TPSA) is 179 Å². The zero-order valence-corrected chi connectivity index (χ0v) is 22.3. The van der Waals surface area contributed by atoms with Crippen LogP contribution < -0.4 is 10.8 Å². The summed E-state index contributed by atoms with van der Waals surface area (Å²) in [6.45, 7) is 2.57. The van der Waals surface area contributed by atoms with E-state index in [9.17, 15) is 18.5 Å². The maximum absolute atomic E-state index is 15.0. The van der Waals surface area contributed by atoms with Crippen molar-refractivity contribution in [3.8, 4) is 0 Å².